The molecule has 0 saturated carbocycles. The van der Waals surface area contributed by atoms with Crippen molar-refractivity contribution < 1.29 is 14.5 Å². The van der Waals surface area contributed by atoms with Crippen molar-refractivity contribution in [3.05, 3.63) is 61.3 Å². The first-order valence-electron chi connectivity index (χ1n) is 8.99. The molecule has 3 rings (SSSR count). The lowest BCUT2D eigenvalue weighted by Gasteiger charge is -2.31. The average Bonchev–Trinajstić information content (AvgIpc) is 3.21. The van der Waals surface area contributed by atoms with Crippen molar-refractivity contribution in [2.45, 2.75) is 19.3 Å². The Morgan fingerprint density at radius 3 is 2.68 bits per heavy atom. The Hall–Kier alpha value is -2.45. The van der Waals surface area contributed by atoms with Crippen LogP contribution in [0.15, 0.2) is 35.7 Å². The first-order valence-corrected chi connectivity index (χ1v) is 10.2. The van der Waals surface area contributed by atoms with Crippen LogP contribution in [0.1, 0.15) is 28.1 Å². The Kier molecular flexibility index (Phi) is 6.64. The molecule has 2 aromatic rings. The second-order valence-corrected chi connectivity index (χ2v) is 8.07. The highest BCUT2D eigenvalue weighted by molar-refractivity contribution is 7.09. The van der Waals surface area contributed by atoms with Crippen LogP contribution < -0.4 is 5.32 Å². The number of nitrogens with one attached hydrogen (secondary N) is 1. The van der Waals surface area contributed by atoms with Gasteiger partial charge < -0.3 is 10.2 Å². The van der Waals surface area contributed by atoms with E-state index in [1.54, 1.807) is 16.2 Å². The minimum atomic E-state index is -0.604. The predicted octanol–water partition coefficient (Wildman–Crippen LogP) is 3.52. The molecule has 0 aliphatic carbocycles. The number of nitro benzene ring substituents is 1. The van der Waals surface area contributed by atoms with Crippen molar-refractivity contribution in [1.82, 2.24) is 10.2 Å². The van der Waals surface area contributed by atoms with Crippen LogP contribution in [0.4, 0.5) is 5.69 Å². The van der Waals surface area contributed by atoms with Crippen LogP contribution >= 0.6 is 22.9 Å². The van der Waals surface area contributed by atoms with Crippen LogP contribution in [0.5, 0.6) is 0 Å². The van der Waals surface area contributed by atoms with Gasteiger partial charge in [0, 0.05) is 41.5 Å². The van der Waals surface area contributed by atoms with E-state index in [9.17, 15) is 19.7 Å². The third kappa shape index (κ3) is 4.88. The lowest BCUT2D eigenvalue weighted by molar-refractivity contribution is -0.385. The number of carbonyl (C=O) groups excluding carboxylic acids is 2. The molecule has 1 aliphatic heterocycles. The SMILES string of the molecule is O=C(NCCc1cccs1)C1CCN(C(=O)c2ccc(Cl)cc2[N+](=O)[O-])CC1. The normalized spacial score (nSPS) is 14.7. The molecule has 2 amide bonds. The third-order valence-corrected chi connectivity index (χ3v) is 5.96. The van der Waals surface area contributed by atoms with Gasteiger partial charge in [-0.25, -0.2) is 0 Å². The molecule has 1 aromatic heterocycles. The van der Waals surface area contributed by atoms with Gasteiger partial charge in [0.2, 0.25) is 5.91 Å². The van der Waals surface area contributed by atoms with Gasteiger partial charge in [-0.15, -0.1) is 11.3 Å². The smallest absolute Gasteiger partial charge is 0.283 e. The number of amides is 2. The van der Waals surface area contributed by atoms with Crippen LogP contribution in [-0.4, -0.2) is 41.3 Å². The molecule has 1 fully saturated rings. The number of benzene rings is 1. The van der Waals surface area contributed by atoms with E-state index in [4.69, 9.17) is 11.6 Å². The Morgan fingerprint density at radius 1 is 1.29 bits per heavy atom. The monoisotopic (exact) mass is 421 g/mol. The molecule has 0 unspecified atom stereocenters. The summed E-state index contributed by atoms with van der Waals surface area (Å²) in [5.41, 5.74) is -0.279. The van der Waals surface area contributed by atoms with Crippen LogP contribution in [0.3, 0.4) is 0 Å². The fourth-order valence-corrected chi connectivity index (χ4v) is 4.14. The van der Waals surface area contributed by atoms with Crippen LogP contribution in [0.2, 0.25) is 5.02 Å². The summed E-state index contributed by atoms with van der Waals surface area (Å²) in [6, 6.07) is 8.06. The van der Waals surface area contributed by atoms with Crippen LogP contribution in [0.25, 0.3) is 0 Å². The van der Waals surface area contributed by atoms with Gasteiger partial charge in [0.1, 0.15) is 5.56 Å². The molecule has 1 N–H and O–H groups in total. The fraction of sp³-hybridized carbons (Fsp3) is 0.368. The number of hydrogen-bond acceptors (Lipinski definition) is 5. The lowest BCUT2D eigenvalue weighted by atomic mass is 9.95. The summed E-state index contributed by atoms with van der Waals surface area (Å²) < 4.78 is 0. The summed E-state index contributed by atoms with van der Waals surface area (Å²) in [7, 11) is 0. The predicted molar refractivity (Wildman–Crippen MR) is 108 cm³/mol. The maximum Gasteiger partial charge on any atom is 0.283 e. The Balaban J connectivity index is 1.53. The summed E-state index contributed by atoms with van der Waals surface area (Å²) in [6.07, 6.45) is 1.89. The van der Waals surface area contributed by atoms with E-state index in [0.29, 0.717) is 32.5 Å². The molecule has 0 bridgehead atoms. The number of halogens is 1. The van der Waals surface area contributed by atoms with Gasteiger partial charge in [-0.05, 0) is 42.8 Å². The minimum Gasteiger partial charge on any atom is -0.355 e. The van der Waals surface area contributed by atoms with Crippen molar-refractivity contribution in [1.29, 1.82) is 0 Å². The first-order chi connectivity index (χ1) is 13.5. The number of hydrogen-bond donors (Lipinski definition) is 1. The van der Waals surface area contributed by atoms with Crippen molar-refractivity contribution >= 4 is 40.4 Å². The van der Waals surface area contributed by atoms with Gasteiger partial charge in [0.05, 0.1) is 4.92 Å². The zero-order valence-electron chi connectivity index (χ0n) is 15.1. The number of piperidine rings is 1. The van der Waals surface area contributed by atoms with E-state index in [-0.39, 0.29) is 28.1 Å². The number of nitro groups is 1. The maximum absolute atomic E-state index is 12.7. The molecule has 2 heterocycles. The van der Waals surface area contributed by atoms with Crippen LogP contribution in [0, 0.1) is 16.0 Å². The quantitative estimate of drug-likeness (QED) is 0.570. The molecule has 1 saturated heterocycles. The van der Waals surface area contributed by atoms with Crippen molar-refractivity contribution in [3.63, 3.8) is 0 Å². The van der Waals surface area contributed by atoms with E-state index < -0.39 is 10.8 Å². The van der Waals surface area contributed by atoms with Gasteiger partial charge in [0.15, 0.2) is 0 Å². The summed E-state index contributed by atoms with van der Waals surface area (Å²) in [4.78, 5) is 38.4. The molecular formula is C19H20ClN3O4S. The van der Waals surface area contributed by atoms with E-state index in [1.165, 1.54) is 23.1 Å². The van der Waals surface area contributed by atoms with Gasteiger partial charge in [0.25, 0.3) is 11.6 Å². The standard InChI is InChI=1S/C19H20ClN3O4S/c20-14-3-4-16(17(12-14)23(26)27)19(25)22-9-6-13(7-10-22)18(24)21-8-5-15-2-1-11-28-15/h1-4,11-13H,5-10H2,(H,21,24). The highest BCUT2D eigenvalue weighted by atomic mass is 35.5. The highest BCUT2D eigenvalue weighted by Crippen LogP contribution is 2.26. The van der Waals surface area contributed by atoms with Gasteiger partial charge in [-0.2, -0.15) is 0 Å². The molecule has 9 heteroatoms. The number of likely N-dealkylation sites (tertiary alicyclic amines) is 1. The largest absolute Gasteiger partial charge is 0.355 e. The summed E-state index contributed by atoms with van der Waals surface area (Å²) in [5, 5.41) is 16.4. The molecular weight excluding hydrogens is 402 g/mol. The molecule has 0 spiro atoms. The highest BCUT2D eigenvalue weighted by Gasteiger charge is 2.30. The average molecular weight is 422 g/mol. The second-order valence-electron chi connectivity index (χ2n) is 6.61. The molecule has 148 valence electrons. The third-order valence-electron chi connectivity index (χ3n) is 4.79. The molecule has 1 aliphatic rings. The van der Waals surface area contributed by atoms with E-state index in [0.717, 1.165) is 6.42 Å². The van der Waals surface area contributed by atoms with E-state index >= 15 is 0 Å². The maximum atomic E-state index is 12.7. The fourth-order valence-electron chi connectivity index (χ4n) is 3.26. The molecule has 0 atom stereocenters. The molecule has 1 aromatic carbocycles. The molecule has 7 nitrogen and oxygen atoms in total. The van der Waals surface area contributed by atoms with E-state index in [1.807, 2.05) is 17.5 Å². The lowest BCUT2D eigenvalue weighted by Crippen LogP contribution is -2.43. The molecule has 0 radical (unpaired) electrons. The first kappa shape index (κ1) is 20.3. The van der Waals surface area contributed by atoms with Crippen molar-refractivity contribution in [2.75, 3.05) is 19.6 Å². The van der Waals surface area contributed by atoms with Gasteiger partial charge in [-0.3, -0.25) is 19.7 Å². The van der Waals surface area contributed by atoms with Crippen molar-refractivity contribution in [3.8, 4) is 0 Å². The summed E-state index contributed by atoms with van der Waals surface area (Å²) in [5.74, 6) is -0.548. The molecule has 28 heavy (non-hydrogen) atoms. The minimum absolute atomic E-state index is 0.00104. The van der Waals surface area contributed by atoms with Crippen LogP contribution in [-0.2, 0) is 11.2 Å². The Bertz CT molecular complexity index is 864. The topological polar surface area (TPSA) is 92.6 Å². The Morgan fingerprint density at radius 2 is 2.04 bits per heavy atom. The van der Waals surface area contributed by atoms with E-state index in [2.05, 4.69) is 5.32 Å². The second kappa shape index (κ2) is 9.16. The Labute approximate surface area is 171 Å². The summed E-state index contributed by atoms with van der Waals surface area (Å²) in [6.45, 7) is 1.37. The van der Waals surface area contributed by atoms with Gasteiger partial charge in [-0.1, -0.05) is 17.7 Å². The zero-order chi connectivity index (χ0) is 20.1. The number of rotatable bonds is 6. The summed E-state index contributed by atoms with van der Waals surface area (Å²) >= 11 is 7.47. The van der Waals surface area contributed by atoms with Gasteiger partial charge >= 0.3 is 0 Å². The number of thiophene rings is 1. The number of nitrogens with zero attached hydrogens (tertiary/aromatic N) is 2. The number of carbonyl (C=O) groups is 2. The zero-order valence-corrected chi connectivity index (χ0v) is 16.7. The van der Waals surface area contributed by atoms with Crippen molar-refractivity contribution in [2.24, 2.45) is 5.92 Å².